The monoisotopic (exact) mass is 540 g/mol. The molecule has 1 atom stereocenters. The van der Waals surface area contributed by atoms with Gasteiger partial charge in [-0.25, -0.2) is 4.79 Å². The molecule has 9 heteroatoms. The number of alkyl carbamates (subject to hydrolysis) is 1. The van der Waals surface area contributed by atoms with Gasteiger partial charge >= 0.3 is 6.09 Å². The fourth-order valence-corrected chi connectivity index (χ4v) is 5.24. The molecule has 1 amide bonds. The van der Waals surface area contributed by atoms with Crippen molar-refractivity contribution in [3.8, 4) is 39.8 Å². The Morgan fingerprint density at radius 2 is 1.80 bits per heavy atom. The van der Waals surface area contributed by atoms with E-state index in [1.165, 1.54) is 0 Å². The molecule has 9 nitrogen and oxygen atoms in total. The number of carbonyl (C=O) groups excluding carboxylic acids is 1. The topological polar surface area (TPSA) is 87.1 Å². The van der Waals surface area contributed by atoms with Crippen LogP contribution in [0.15, 0.2) is 78.9 Å². The summed E-state index contributed by atoms with van der Waals surface area (Å²) in [5.41, 5.74) is 5.05. The third-order valence-corrected chi connectivity index (χ3v) is 7.17. The van der Waals surface area contributed by atoms with Gasteiger partial charge in [-0.05, 0) is 35.7 Å². The second-order valence-electron chi connectivity index (χ2n) is 9.90. The Morgan fingerprint density at radius 1 is 1.02 bits per heavy atom. The number of methoxy groups -OCH3 is 1. The molecule has 1 saturated heterocycles. The van der Waals surface area contributed by atoms with Crippen molar-refractivity contribution in [1.29, 1.82) is 0 Å². The minimum atomic E-state index is -0.409. The van der Waals surface area contributed by atoms with Gasteiger partial charge in [0.05, 0.1) is 25.0 Å². The standard InChI is InChI=1S/C31H32N4O5/c1-37-28-16-22(17-29-30(28)40-21-39-29)19-34-13-12-25(20-34)32-31(36)38-15-14-35-27(24-10-6-3-7-11-24)18-26(33-35)23-8-4-2-5-9-23/h2-11,16-18,25H,12-15,19-21H2,1H3,(H,32,36). The molecule has 1 unspecified atom stereocenters. The molecule has 1 aromatic heterocycles. The first kappa shape index (κ1) is 25.8. The van der Waals surface area contributed by atoms with Crippen molar-refractivity contribution in [2.75, 3.05) is 33.6 Å². The molecule has 0 aliphatic carbocycles. The van der Waals surface area contributed by atoms with Crippen molar-refractivity contribution in [1.82, 2.24) is 20.0 Å². The number of carbonyl (C=O) groups is 1. The molecule has 1 N–H and O–H groups in total. The van der Waals surface area contributed by atoms with Gasteiger partial charge < -0.3 is 24.3 Å². The highest BCUT2D eigenvalue weighted by Crippen LogP contribution is 2.42. The number of nitrogens with zero attached hydrogens (tertiary/aromatic N) is 3. The smallest absolute Gasteiger partial charge is 0.407 e. The van der Waals surface area contributed by atoms with Crippen LogP contribution < -0.4 is 19.5 Å². The summed E-state index contributed by atoms with van der Waals surface area (Å²) in [7, 11) is 1.62. The highest BCUT2D eigenvalue weighted by molar-refractivity contribution is 5.69. The van der Waals surface area contributed by atoms with E-state index in [-0.39, 0.29) is 19.4 Å². The van der Waals surface area contributed by atoms with Crippen LogP contribution in [0.5, 0.6) is 17.2 Å². The van der Waals surface area contributed by atoms with Crippen molar-refractivity contribution < 1.29 is 23.7 Å². The van der Waals surface area contributed by atoms with Crippen molar-refractivity contribution in [2.45, 2.75) is 25.6 Å². The van der Waals surface area contributed by atoms with E-state index in [0.717, 1.165) is 54.1 Å². The first-order valence-electron chi connectivity index (χ1n) is 13.5. The van der Waals surface area contributed by atoms with Crippen LogP contribution in [-0.4, -0.2) is 60.4 Å². The van der Waals surface area contributed by atoms with Crippen molar-refractivity contribution >= 4 is 6.09 Å². The third kappa shape index (κ3) is 5.74. The lowest BCUT2D eigenvalue weighted by Gasteiger charge is -2.18. The summed E-state index contributed by atoms with van der Waals surface area (Å²) < 4.78 is 24.0. The van der Waals surface area contributed by atoms with Crippen LogP contribution in [0.2, 0.25) is 0 Å². The van der Waals surface area contributed by atoms with Gasteiger partial charge in [0.2, 0.25) is 12.5 Å². The van der Waals surface area contributed by atoms with E-state index in [0.29, 0.717) is 23.8 Å². The summed E-state index contributed by atoms with van der Waals surface area (Å²) >= 11 is 0. The van der Waals surface area contributed by atoms with Gasteiger partial charge in [0, 0.05) is 31.2 Å². The number of likely N-dealkylation sites (tertiary alicyclic amines) is 1. The second-order valence-corrected chi connectivity index (χ2v) is 9.90. The summed E-state index contributed by atoms with van der Waals surface area (Å²) in [6.45, 7) is 3.21. The van der Waals surface area contributed by atoms with Crippen LogP contribution in [0.3, 0.4) is 0 Å². The zero-order valence-corrected chi connectivity index (χ0v) is 22.4. The molecule has 2 aliphatic heterocycles. The van der Waals surface area contributed by atoms with Crippen LogP contribution >= 0.6 is 0 Å². The zero-order valence-electron chi connectivity index (χ0n) is 22.4. The average Bonchev–Trinajstić information content (AvgIpc) is 3.74. The number of amides is 1. The molecule has 40 heavy (non-hydrogen) atoms. The fourth-order valence-electron chi connectivity index (χ4n) is 5.24. The van der Waals surface area contributed by atoms with Crippen LogP contribution in [0.4, 0.5) is 4.79 Å². The molecule has 6 rings (SSSR count). The van der Waals surface area contributed by atoms with Gasteiger partial charge in [0.25, 0.3) is 0 Å². The predicted molar refractivity (Wildman–Crippen MR) is 150 cm³/mol. The lowest BCUT2D eigenvalue weighted by atomic mass is 10.1. The first-order chi connectivity index (χ1) is 19.7. The third-order valence-electron chi connectivity index (χ3n) is 7.17. The van der Waals surface area contributed by atoms with Gasteiger partial charge in [-0.2, -0.15) is 5.10 Å². The summed E-state index contributed by atoms with van der Waals surface area (Å²) in [6.07, 6.45) is 0.447. The molecular formula is C31H32N4O5. The zero-order chi connectivity index (χ0) is 27.3. The van der Waals surface area contributed by atoms with Gasteiger partial charge in [0.15, 0.2) is 11.5 Å². The molecule has 0 saturated carbocycles. The van der Waals surface area contributed by atoms with Gasteiger partial charge in [-0.15, -0.1) is 0 Å². The van der Waals surface area contributed by atoms with Gasteiger partial charge in [-0.1, -0.05) is 60.7 Å². The molecule has 1 fully saturated rings. The molecule has 3 heterocycles. The first-order valence-corrected chi connectivity index (χ1v) is 13.5. The molecular weight excluding hydrogens is 508 g/mol. The van der Waals surface area contributed by atoms with Crippen molar-refractivity contribution in [3.63, 3.8) is 0 Å². The predicted octanol–water partition coefficient (Wildman–Crippen LogP) is 4.96. The minimum Gasteiger partial charge on any atom is -0.493 e. The van der Waals surface area contributed by atoms with Crippen molar-refractivity contribution in [3.05, 3.63) is 84.4 Å². The molecule has 0 spiro atoms. The Bertz CT molecular complexity index is 1460. The maximum absolute atomic E-state index is 12.6. The van der Waals surface area contributed by atoms with Gasteiger partial charge in [0.1, 0.15) is 6.61 Å². The molecule has 4 aromatic rings. The molecule has 0 radical (unpaired) electrons. The Balaban J connectivity index is 1.02. The van der Waals surface area contributed by atoms with E-state index in [2.05, 4.69) is 28.4 Å². The highest BCUT2D eigenvalue weighted by Gasteiger charge is 2.26. The van der Waals surface area contributed by atoms with Crippen LogP contribution in [0, 0.1) is 0 Å². The van der Waals surface area contributed by atoms with Crippen LogP contribution in [0.25, 0.3) is 22.5 Å². The fraction of sp³-hybridized carbons (Fsp3) is 0.290. The molecule has 2 aliphatic rings. The number of nitrogens with one attached hydrogen (secondary N) is 1. The Hall–Kier alpha value is -4.50. The van der Waals surface area contributed by atoms with Gasteiger partial charge in [-0.3, -0.25) is 9.58 Å². The maximum Gasteiger partial charge on any atom is 0.407 e. The minimum absolute atomic E-state index is 0.0256. The van der Waals surface area contributed by atoms with E-state index >= 15 is 0 Å². The summed E-state index contributed by atoms with van der Waals surface area (Å²) in [4.78, 5) is 14.9. The van der Waals surface area contributed by atoms with Crippen LogP contribution in [-0.2, 0) is 17.8 Å². The molecule has 0 bridgehead atoms. The summed E-state index contributed by atoms with van der Waals surface area (Å²) in [5.74, 6) is 2.03. The van der Waals surface area contributed by atoms with E-state index < -0.39 is 6.09 Å². The van der Waals surface area contributed by atoms with E-state index in [4.69, 9.17) is 24.0 Å². The number of hydrogen-bond donors (Lipinski definition) is 1. The Kier molecular flexibility index (Phi) is 7.54. The lowest BCUT2D eigenvalue weighted by Crippen LogP contribution is -2.37. The Morgan fingerprint density at radius 3 is 2.58 bits per heavy atom. The highest BCUT2D eigenvalue weighted by atomic mass is 16.7. The number of aromatic nitrogens is 2. The number of benzene rings is 3. The largest absolute Gasteiger partial charge is 0.493 e. The second kappa shape index (κ2) is 11.7. The van der Waals surface area contributed by atoms with E-state index in [9.17, 15) is 4.79 Å². The molecule has 206 valence electrons. The van der Waals surface area contributed by atoms with E-state index in [1.807, 2.05) is 65.3 Å². The Labute approximate surface area is 233 Å². The SMILES string of the molecule is COc1cc(CN2CCC(NC(=O)OCCn3nc(-c4ccccc4)cc3-c3ccccc3)C2)cc2c1OCO2. The quantitative estimate of drug-likeness (QED) is 0.321. The number of ether oxygens (including phenoxy) is 4. The number of rotatable bonds is 9. The maximum atomic E-state index is 12.6. The number of fused-ring (bicyclic) bond motifs is 1. The molecule has 3 aromatic carbocycles. The number of hydrogen-bond acceptors (Lipinski definition) is 7. The lowest BCUT2D eigenvalue weighted by molar-refractivity contribution is 0.137. The average molecular weight is 541 g/mol. The normalized spacial score (nSPS) is 16.2. The van der Waals surface area contributed by atoms with Crippen LogP contribution in [0.1, 0.15) is 12.0 Å². The van der Waals surface area contributed by atoms with E-state index in [1.54, 1.807) is 7.11 Å². The summed E-state index contributed by atoms with van der Waals surface area (Å²) in [6, 6.07) is 26.3. The van der Waals surface area contributed by atoms with Crippen molar-refractivity contribution in [2.24, 2.45) is 0 Å². The summed E-state index contributed by atoms with van der Waals surface area (Å²) in [5, 5.41) is 7.83.